The van der Waals surface area contributed by atoms with Crippen molar-refractivity contribution in [2.24, 2.45) is 11.3 Å². The maximum Gasteiger partial charge on any atom is 0.241 e. The van der Waals surface area contributed by atoms with E-state index >= 15 is 0 Å². The molecule has 0 unspecified atom stereocenters. The zero-order valence-electron chi connectivity index (χ0n) is 18.0. The number of amides is 1. The number of nitrogens with zero attached hydrogens (tertiary/aromatic N) is 2. The van der Waals surface area contributed by atoms with Crippen LogP contribution in [0.2, 0.25) is 0 Å². The largest absolute Gasteiger partial charge is 0.296 e. The summed E-state index contributed by atoms with van der Waals surface area (Å²) in [6, 6.07) is 12.7. The second-order valence-corrected chi connectivity index (χ2v) is 11.4. The molecule has 2 aromatic rings. The van der Waals surface area contributed by atoms with E-state index in [2.05, 4.69) is 74.0 Å². The summed E-state index contributed by atoms with van der Waals surface area (Å²) in [7, 11) is 0. The quantitative estimate of drug-likeness (QED) is 0.618. The Labute approximate surface area is 179 Å². The van der Waals surface area contributed by atoms with Crippen LogP contribution < -0.4 is 4.90 Å². The van der Waals surface area contributed by atoms with Gasteiger partial charge in [0.15, 0.2) is 0 Å². The molecular weight excluding hydrogens is 376 g/mol. The number of rotatable bonds is 3. The SMILES string of the molecule is C[C@@H]1SC2(CCC(C(C)(C)C)CC2)N(c2ccc(Cc3ccncc3)cc2)C1=O. The van der Waals surface area contributed by atoms with E-state index in [-0.39, 0.29) is 16.0 Å². The van der Waals surface area contributed by atoms with Crippen LogP contribution in [0.3, 0.4) is 0 Å². The van der Waals surface area contributed by atoms with E-state index in [0.29, 0.717) is 5.41 Å². The summed E-state index contributed by atoms with van der Waals surface area (Å²) < 4.78 is 0. The van der Waals surface area contributed by atoms with Crippen LogP contribution >= 0.6 is 11.8 Å². The molecule has 154 valence electrons. The normalized spacial score (nSPS) is 27.6. The highest BCUT2D eigenvalue weighted by molar-refractivity contribution is 8.02. The van der Waals surface area contributed by atoms with Crippen molar-refractivity contribution in [1.29, 1.82) is 0 Å². The van der Waals surface area contributed by atoms with E-state index in [4.69, 9.17) is 0 Å². The van der Waals surface area contributed by atoms with Crippen LogP contribution in [-0.2, 0) is 11.2 Å². The van der Waals surface area contributed by atoms with Crippen molar-refractivity contribution in [2.45, 2.75) is 69.9 Å². The van der Waals surface area contributed by atoms with Gasteiger partial charge in [-0.25, -0.2) is 0 Å². The molecule has 1 amide bonds. The number of hydrogen-bond donors (Lipinski definition) is 0. The minimum atomic E-state index is -0.0646. The molecule has 1 aliphatic heterocycles. The number of carbonyl (C=O) groups excluding carboxylic acids is 1. The third kappa shape index (κ3) is 4.09. The smallest absolute Gasteiger partial charge is 0.241 e. The number of thioether (sulfide) groups is 1. The molecular formula is C25H32N2OS. The molecule has 0 N–H and O–H groups in total. The molecule has 1 aliphatic carbocycles. The number of hydrogen-bond acceptors (Lipinski definition) is 3. The molecule has 4 rings (SSSR count). The zero-order chi connectivity index (χ0) is 20.6. The summed E-state index contributed by atoms with van der Waals surface area (Å²) in [6.07, 6.45) is 9.15. The fraction of sp³-hybridized carbons (Fsp3) is 0.520. The van der Waals surface area contributed by atoms with E-state index < -0.39 is 0 Å². The Kier molecular flexibility index (Phi) is 5.50. The van der Waals surface area contributed by atoms with Crippen LogP contribution in [0.1, 0.15) is 64.5 Å². The van der Waals surface area contributed by atoms with Gasteiger partial charge >= 0.3 is 0 Å². The van der Waals surface area contributed by atoms with Crippen LogP contribution in [0.5, 0.6) is 0 Å². The van der Waals surface area contributed by atoms with Gasteiger partial charge in [0, 0.05) is 18.1 Å². The molecule has 1 spiro atoms. The third-order valence-corrected chi connectivity index (χ3v) is 8.30. The van der Waals surface area contributed by atoms with Gasteiger partial charge in [-0.15, -0.1) is 11.8 Å². The fourth-order valence-corrected chi connectivity index (χ4v) is 6.59. The minimum absolute atomic E-state index is 0.0395. The average molecular weight is 409 g/mol. The first-order valence-corrected chi connectivity index (χ1v) is 11.7. The minimum Gasteiger partial charge on any atom is -0.296 e. The molecule has 4 heteroatoms. The molecule has 0 bridgehead atoms. The number of aromatic nitrogens is 1. The van der Waals surface area contributed by atoms with Crippen molar-refractivity contribution < 1.29 is 4.79 Å². The molecule has 0 radical (unpaired) electrons. The first kappa shape index (κ1) is 20.5. The Morgan fingerprint density at radius 3 is 2.21 bits per heavy atom. The summed E-state index contributed by atoms with van der Waals surface area (Å²) in [5, 5.41) is 0.0395. The number of carbonyl (C=O) groups is 1. The highest BCUT2D eigenvalue weighted by atomic mass is 32.2. The Hall–Kier alpha value is -1.81. The molecule has 1 saturated carbocycles. The Balaban J connectivity index is 1.55. The van der Waals surface area contributed by atoms with Gasteiger partial charge in [-0.1, -0.05) is 32.9 Å². The second kappa shape index (κ2) is 7.79. The summed E-state index contributed by atoms with van der Waals surface area (Å²) in [5.41, 5.74) is 3.92. The highest BCUT2D eigenvalue weighted by Gasteiger charge is 2.52. The van der Waals surface area contributed by atoms with Gasteiger partial charge in [-0.05, 0) is 85.8 Å². The Morgan fingerprint density at radius 2 is 1.62 bits per heavy atom. The molecule has 1 aromatic heterocycles. The predicted molar refractivity (Wildman–Crippen MR) is 122 cm³/mol. The van der Waals surface area contributed by atoms with Gasteiger partial charge in [-0.2, -0.15) is 0 Å². The monoisotopic (exact) mass is 408 g/mol. The van der Waals surface area contributed by atoms with Crippen molar-refractivity contribution in [1.82, 2.24) is 4.98 Å². The summed E-state index contributed by atoms with van der Waals surface area (Å²) >= 11 is 1.89. The Bertz CT molecular complexity index is 849. The first-order chi connectivity index (χ1) is 13.8. The van der Waals surface area contributed by atoms with Gasteiger partial charge < -0.3 is 0 Å². The van der Waals surface area contributed by atoms with Crippen LogP contribution in [0.25, 0.3) is 0 Å². The summed E-state index contributed by atoms with van der Waals surface area (Å²) in [5.74, 6) is 1.01. The van der Waals surface area contributed by atoms with Crippen molar-refractivity contribution in [3.05, 3.63) is 59.9 Å². The Morgan fingerprint density at radius 1 is 1.03 bits per heavy atom. The summed E-state index contributed by atoms with van der Waals surface area (Å²) in [4.78, 5) is 19.3. The lowest BCUT2D eigenvalue weighted by Crippen LogP contribution is -2.48. The van der Waals surface area contributed by atoms with Gasteiger partial charge in [0.25, 0.3) is 0 Å². The lowest BCUT2D eigenvalue weighted by molar-refractivity contribution is -0.118. The lowest BCUT2D eigenvalue weighted by atomic mass is 9.71. The van der Waals surface area contributed by atoms with Gasteiger partial charge in [0.1, 0.15) is 0 Å². The molecule has 1 aromatic carbocycles. The topological polar surface area (TPSA) is 33.2 Å². The fourth-order valence-electron chi connectivity index (χ4n) is 4.95. The number of anilines is 1. The van der Waals surface area contributed by atoms with Crippen molar-refractivity contribution in [3.8, 4) is 0 Å². The van der Waals surface area contributed by atoms with Gasteiger partial charge in [-0.3, -0.25) is 14.7 Å². The maximum absolute atomic E-state index is 13.1. The van der Waals surface area contributed by atoms with Gasteiger partial charge in [0.2, 0.25) is 5.91 Å². The van der Waals surface area contributed by atoms with Crippen LogP contribution in [0.4, 0.5) is 5.69 Å². The molecule has 2 fully saturated rings. The van der Waals surface area contributed by atoms with E-state index in [1.165, 1.54) is 24.0 Å². The number of benzene rings is 1. The zero-order valence-corrected chi connectivity index (χ0v) is 18.8. The van der Waals surface area contributed by atoms with Crippen LogP contribution in [0.15, 0.2) is 48.8 Å². The molecule has 1 atom stereocenters. The van der Waals surface area contributed by atoms with E-state index in [0.717, 1.165) is 30.9 Å². The second-order valence-electron chi connectivity index (χ2n) is 9.72. The van der Waals surface area contributed by atoms with E-state index in [1.54, 1.807) is 0 Å². The van der Waals surface area contributed by atoms with Gasteiger partial charge in [0.05, 0.1) is 10.1 Å². The average Bonchev–Trinajstić information content (AvgIpc) is 2.93. The predicted octanol–water partition coefficient (Wildman–Crippen LogP) is 6.07. The maximum atomic E-state index is 13.1. The van der Waals surface area contributed by atoms with Crippen LogP contribution in [0, 0.1) is 11.3 Å². The van der Waals surface area contributed by atoms with Crippen molar-refractivity contribution >= 4 is 23.4 Å². The molecule has 1 saturated heterocycles. The van der Waals surface area contributed by atoms with Crippen molar-refractivity contribution in [3.63, 3.8) is 0 Å². The molecule has 3 nitrogen and oxygen atoms in total. The number of pyridine rings is 1. The van der Waals surface area contributed by atoms with Crippen LogP contribution in [-0.4, -0.2) is 21.0 Å². The molecule has 2 aliphatic rings. The first-order valence-electron chi connectivity index (χ1n) is 10.8. The molecule has 29 heavy (non-hydrogen) atoms. The highest BCUT2D eigenvalue weighted by Crippen LogP contribution is 2.54. The molecule has 2 heterocycles. The van der Waals surface area contributed by atoms with E-state index in [1.807, 2.05) is 24.2 Å². The standard InChI is InChI=1S/C25H32N2OS/c1-18-23(28)27(25(29-18)13-9-21(10-14-25)24(2,3)4)22-7-5-19(6-8-22)17-20-11-15-26-16-12-20/h5-8,11-12,15-16,18,21H,9-10,13-14,17H2,1-4H3/t18-,21?,25?/m0/s1. The third-order valence-electron chi connectivity index (χ3n) is 6.72. The summed E-state index contributed by atoms with van der Waals surface area (Å²) in [6.45, 7) is 9.13. The van der Waals surface area contributed by atoms with E-state index in [9.17, 15) is 4.79 Å². The lowest BCUT2D eigenvalue weighted by Gasteiger charge is -2.45. The van der Waals surface area contributed by atoms with Crippen molar-refractivity contribution in [2.75, 3.05) is 4.90 Å².